The van der Waals surface area contributed by atoms with Crippen LogP contribution in [-0.2, 0) is 16.6 Å². The smallest absolute Gasteiger partial charge is 0.269 e. The summed E-state index contributed by atoms with van der Waals surface area (Å²) in [6.45, 7) is 2.44. The highest BCUT2D eigenvalue weighted by atomic mass is 35.5. The molecule has 154 valence electrons. The highest BCUT2D eigenvalue weighted by molar-refractivity contribution is 7.90. The van der Waals surface area contributed by atoms with E-state index in [0.717, 1.165) is 16.5 Å². The van der Waals surface area contributed by atoms with Crippen molar-refractivity contribution in [1.29, 1.82) is 0 Å². The normalized spacial score (nSPS) is 11.7. The molecular weight excluding hydrogens is 422 g/mol. The summed E-state index contributed by atoms with van der Waals surface area (Å²) in [6.07, 6.45) is 6.13. The number of halogens is 1. The molecule has 7 nitrogen and oxygen atoms in total. The maximum Gasteiger partial charge on any atom is 0.269 e. The SMILES string of the molecule is CNCc1cn(S(=O)(=O)c2cccnc2)c2cc(Nc3cc(C)c(Cl)cn3)ccc12. The number of fused-ring (bicyclic) bond motifs is 1. The number of hydrogen-bond donors (Lipinski definition) is 2. The minimum atomic E-state index is -3.80. The highest BCUT2D eigenvalue weighted by Gasteiger charge is 2.21. The molecule has 4 aromatic rings. The number of aromatic nitrogens is 3. The molecule has 0 spiro atoms. The van der Waals surface area contributed by atoms with Crippen LogP contribution in [0.15, 0.2) is 66.1 Å². The van der Waals surface area contributed by atoms with Crippen LogP contribution in [-0.4, -0.2) is 29.4 Å². The molecule has 0 amide bonds. The second kappa shape index (κ2) is 8.06. The van der Waals surface area contributed by atoms with Gasteiger partial charge in [0.2, 0.25) is 0 Å². The lowest BCUT2D eigenvalue weighted by Crippen LogP contribution is -2.12. The first-order valence-electron chi connectivity index (χ1n) is 9.23. The van der Waals surface area contributed by atoms with Crippen LogP contribution in [0.4, 0.5) is 11.5 Å². The van der Waals surface area contributed by atoms with Gasteiger partial charge in [0.1, 0.15) is 10.7 Å². The highest BCUT2D eigenvalue weighted by Crippen LogP contribution is 2.29. The monoisotopic (exact) mass is 441 g/mol. The van der Waals surface area contributed by atoms with Crippen molar-refractivity contribution in [2.45, 2.75) is 18.4 Å². The molecule has 0 aliphatic heterocycles. The standard InChI is InChI=1S/C21H20ClN5O2S/c1-14-8-21(25-12-19(14)22)26-16-5-6-18-15(10-23-2)13-27(20(18)9-16)30(28,29)17-4-3-7-24-11-17/h3-9,11-13,23H,10H2,1-2H3,(H,25,26). The molecule has 4 rings (SSSR count). The lowest BCUT2D eigenvalue weighted by Gasteiger charge is -2.10. The Morgan fingerprint density at radius 2 is 2.00 bits per heavy atom. The van der Waals surface area contributed by atoms with Gasteiger partial charge in [-0.1, -0.05) is 17.7 Å². The molecule has 0 aliphatic rings. The van der Waals surface area contributed by atoms with E-state index in [0.29, 0.717) is 28.6 Å². The van der Waals surface area contributed by atoms with E-state index in [-0.39, 0.29) is 4.90 Å². The maximum atomic E-state index is 13.3. The topological polar surface area (TPSA) is 88.9 Å². The molecule has 0 unspecified atom stereocenters. The summed E-state index contributed by atoms with van der Waals surface area (Å²) in [5, 5.41) is 7.74. The molecular formula is C21H20ClN5O2S. The van der Waals surface area contributed by atoms with Gasteiger partial charge in [0.15, 0.2) is 0 Å². The fourth-order valence-electron chi connectivity index (χ4n) is 3.24. The van der Waals surface area contributed by atoms with Crippen LogP contribution in [0.25, 0.3) is 10.9 Å². The van der Waals surface area contributed by atoms with E-state index in [1.165, 1.54) is 16.2 Å². The Kier molecular flexibility index (Phi) is 5.46. The van der Waals surface area contributed by atoms with Gasteiger partial charge in [0, 0.05) is 42.4 Å². The van der Waals surface area contributed by atoms with E-state index in [1.54, 1.807) is 30.7 Å². The molecule has 3 heterocycles. The van der Waals surface area contributed by atoms with Crippen LogP contribution < -0.4 is 10.6 Å². The van der Waals surface area contributed by atoms with Gasteiger partial charge in [0.25, 0.3) is 10.0 Å². The third-order valence-corrected chi connectivity index (χ3v) is 6.78. The molecule has 0 bridgehead atoms. The summed E-state index contributed by atoms with van der Waals surface area (Å²) < 4.78 is 27.8. The molecule has 0 saturated carbocycles. The average Bonchev–Trinajstić information content (AvgIpc) is 3.10. The fraction of sp³-hybridized carbons (Fsp3) is 0.143. The van der Waals surface area contributed by atoms with Gasteiger partial charge in [-0.15, -0.1) is 0 Å². The summed E-state index contributed by atoms with van der Waals surface area (Å²) in [5.74, 6) is 0.625. The van der Waals surface area contributed by atoms with Crippen molar-refractivity contribution in [1.82, 2.24) is 19.3 Å². The Balaban J connectivity index is 1.83. The second-order valence-corrected chi connectivity index (χ2v) is 9.07. The van der Waals surface area contributed by atoms with E-state index < -0.39 is 10.0 Å². The molecule has 2 N–H and O–H groups in total. The molecule has 30 heavy (non-hydrogen) atoms. The van der Waals surface area contributed by atoms with E-state index in [1.807, 2.05) is 32.2 Å². The number of hydrogen-bond acceptors (Lipinski definition) is 6. The number of aryl methyl sites for hydroxylation is 1. The Labute approximate surface area is 179 Å². The first kappa shape index (κ1) is 20.3. The number of pyridine rings is 2. The molecule has 3 aromatic heterocycles. The van der Waals surface area contributed by atoms with Gasteiger partial charge in [-0.25, -0.2) is 17.4 Å². The quantitative estimate of drug-likeness (QED) is 0.468. The zero-order valence-corrected chi connectivity index (χ0v) is 18.0. The molecule has 1 aromatic carbocycles. The van der Waals surface area contributed by atoms with Crippen LogP contribution in [0.3, 0.4) is 0 Å². The fourth-order valence-corrected chi connectivity index (χ4v) is 4.69. The van der Waals surface area contributed by atoms with Crippen molar-refractivity contribution < 1.29 is 8.42 Å². The van der Waals surface area contributed by atoms with Crippen molar-refractivity contribution in [3.05, 3.63) is 77.3 Å². The lowest BCUT2D eigenvalue weighted by atomic mass is 10.1. The molecule has 0 aliphatic carbocycles. The van der Waals surface area contributed by atoms with Crippen molar-refractivity contribution >= 4 is 44.0 Å². The minimum Gasteiger partial charge on any atom is -0.340 e. The molecule has 0 radical (unpaired) electrons. The number of benzene rings is 1. The molecule has 0 saturated heterocycles. The first-order valence-corrected chi connectivity index (χ1v) is 11.1. The van der Waals surface area contributed by atoms with Crippen molar-refractivity contribution in [2.24, 2.45) is 0 Å². The third-order valence-electron chi connectivity index (χ3n) is 4.73. The van der Waals surface area contributed by atoms with Crippen LogP contribution in [0.2, 0.25) is 5.02 Å². The molecule has 0 atom stereocenters. The predicted molar refractivity (Wildman–Crippen MR) is 119 cm³/mol. The Hall–Kier alpha value is -2.94. The minimum absolute atomic E-state index is 0.131. The molecule has 9 heteroatoms. The van der Waals surface area contributed by atoms with Gasteiger partial charge in [0.05, 0.1) is 10.5 Å². The van der Waals surface area contributed by atoms with Gasteiger partial charge in [-0.2, -0.15) is 0 Å². The van der Waals surface area contributed by atoms with Crippen molar-refractivity contribution in [2.75, 3.05) is 12.4 Å². The lowest BCUT2D eigenvalue weighted by molar-refractivity contribution is 0.588. The number of nitrogens with one attached hydrogen (secondary N) is 2. The predicted octanol–water partition coefficient (Wildman–Crippen LogP) is 4.09. The number of nitrogens with zero attached hydrogens (tertiary/aromatic N) is 3. The largest absolute Gasteiger partial charge is 0.340 e. The number of rotatable bonds is 6. The second-order valence-electron chi connectivity index (χ2n) is 6.85. The van der Waals surface area contributed by atoms with Gasteiger partial charge < -0.3 is 10.6 Å². The Morgan fingerprint density at radius 1 is 1.17 bits per heavy atom. The first-order chi connectivity index (χ1) is 14.4. The van der Waals surface area contributed by atoms with E-state index in [2.05, 4.69) is 20.6 Å². The van der Waals surface area contributed by atoms with Crippen molar-refractivity contribution in [3.8, 4) is 0 Å². The van der Waals surface area contributed by atoms with E-state index in [4.69, 9.17) is 11.6 Å². The van der Waals surface area contributed by atoms with Crippen molar-refractivity contribution in [3.63, 3.8) is 0 Å². The van der Waals surface area contributed by atoms with Crippen LogP contribution in [0.1, 0.15) is 11.1 Å². The van der Waals surface area contributed by atoms with Crippen LogP contribution >= 0.6 is 11.6 Å². The summed E-state index contributed by atoms with van der Waals surface area (Å²) >= 11 is 6.05. The summed E-state index contributed by atoms with van der Waals surface area (Å²) in [7, 11) is -1.98. The van der Waals surface area contributed by atoms with Gasteiger partial charge in [-0.3, -0.25) is 4.98 Å². The Morgan fingerprint density at radius 3 is 2.70 bits per heavy atom. The summed E-state index contributed by atoms with van der Waals surface area (Å²) in [6, 6.07) is 10.6. The zero-order chi connectivity index (χ0) is 21.3. The summed E-state index contributed by atoms with van der Waals surface area (Å²) in [4.78, 5) is 8.36. The van der Waals surface area contributed by atoms with E-state index in [9.17, 15) is 8.42 Å². The van der Waals surface area contributed by atoms with E-state index >= 15 is 0 Å². The molecule has 0 fully saturated rings. The average molecular weight is 442 g/mol. The third kappa shape index (κ3) is 3.77. The van der Waals surface area contributed by atoms with Gasteiger partial charge >= 0.3 is 0 Å². The maximum absolute atomic E-state index is 13.3. The number of anilines is 2. The summed E-state index contributed by atoms with van der Waals surface area (Å²) in [5.41, 5.74) is 3.06. The Bertz CT molecular complexity index is 1320. The van der Waals surface area contributed by atoms with Crippen LogP contribution in [0, 0.1) is 6.92 Å². The van der Waals surface area contributed by atoms with Gasteiger partial charge in [-0.05, 0) is 55.4 Å². The zero-order valence-electron chi connectivity index (χ0n) is 16.4. The van der Waals surface area contributed by atoms with Crippen LogP contribution in [0.5, 0.6) is 0 Å².